The third kappa shape index (κ3) is 39.4. The summed E-state index contributed by atoms with van der Waals surface area (Å²) in [5.41, 5.74) is 28.3. The fourth-order valence-corrected chi connectivity index (χ4v) is 15.0. The first-order valence-corrected chi connectivity index (χ1v) is 42.9. The molecular formula is C74H120N28O20S2. The fourth-order valence-electron chi connectivity index (χ4n) is 12.7. The molecule has 0 spiro atoms. The third-order valence-corrected chi connectivity index (χ3v) is 21.5. The number of imidazole rings is 1. The maximum absolute atomic E-state index is 15.1. The number of unbranched alkanes of at least 4 members (excludes halogenated alkanes) is 1. The Morgan fingerprint density at radius 1 is 0.516 bits per heavy atom. The second-order valence-corrected chi connectivity index (χ2v) is 31.9. The summed E-state index contributed by atoms with van der Waals surface area (Å²) in [5.74, 6) is -12.5. The average Bonchev–Trinajstić information content (AvgIpc) is 1.65. The molecule has 0 bridgehead atoms. The van der Waals surface area contributed by atoms with Crippen LogP contribution < -0.4 is 120 Å². The maximum Gasteiger partial charge on any atom is 0.326 e. The minimum absolute atomic E-state index is 0.00310. The molecule has 32 N–H and O–H groups in total. The van der Waals surface area contributed by atoms with Crippen molar-refractivity contribution in [2.75, 3.05) is 90.1 Å². The van der Waals surface area contributed by atoms with E-state index in [1.807, 2.05) is 6.92 Å². The predicted octanol–water partition coefficient (Wildman–Crippen LogP) is -9.58. The van der Waals surface area contributed by atoms with Crippen molar-refractivity contribution in [2.24, 2.45) is 40.5 Å². The molecule has 2 aromatic rings. The van der Waals surface area contributed by atoms with E-state index in [0.717, 1.165) is 26.5 Å². The number of amides is 17. The Balaban J connectivity index is 1.67. The standard InChI is InChI=1S/C74H120N28O20S2/c1-4-5-15-44(93-69(117)53-18-11-25-101(53)61(109)32-76)64(112)99-52(68(116)98-50(72(120)121)29-42-13-7-6-8-14-42)39-124-123-38-51(67(115)97-49(30-43-33-83-40-91-43)62(110)84-24-27-122-82)100-66(114)48(28-41(2)3)96-63(111)45(16-9-22-85-73(78)79)94-70(118)54-19-12-26-102(54)71(119)47(17-10-23-86-74(80)81)95-65(113)46(20-21-55(77)103)92-60(108)37-90-59(107)36-89-58(106)35-88-57(105)34-87-56(104)31-75/h6-8,13-14,33,40-41,44-54H,4-5,9-12,15-32,34-39,75-76,82H2,1-3H3,(H2,77,103)(H,83,91)(H,84,110)(H,87,104)(H,88,105)(H,89,106)(H,90,107)(H,92,108)(H,93,117)(H,94,118)(H,95,113)(H,96,111)(H,97,115)(H,98,116)(H,99,112)(H,100,114)(H,120,121)(H4,78,79,85)(H4,80,81,86)/t44-,45-,46-,47-,48-,49+,50-,51-,52-,53+,54-/m1/s1. The zero-order chi connectivity index (χ0) is 91.8. The van der Waals surface area contributed by atoms with Crippen LogP contribution in [0.3, 0.4) is 0 Å². The van der Waals surface area contributed by atoms with Gasteiger partial charge >= 0.3 is 5.97 Å². The van der Waals surface area contributed by atoms with Crippen LogP contribution in [-0.4, -0.2) is 300 Å². The Labute approximate surface area is 723 Å². The number of aromatic amines is 1. The van der Waals surface area contributed by atoms with Crippen LogP contribution in [0.1, 0.15) is 122 Å². The molecule has 0 unspecified atom stereocenters. The maximum atomic E-state index is 15.1. The number of hydrogen-bond acceptors (Lipinski definition) is 27. The second-order valence-electron chi connectivity index (χ2n) is 29.3. The van der Waals surface area contributed by atoms with Gasteiger partial charge in [0.05, 0.1) is 52.2 Å². The highest BCUT2D eigenvalue weighted by Gasteiger charge is 2.42. The Kier molecular flexibility index (Phi) is 47.6. The van der Waals surface area contributed by atoms with E-state index < -0.39 is 235 Å². The van der Waals surface area contributed by atoms with E-state index in [4.69, 9.17) is 45.4 Å². The van der Waals surface area contributed by atoms with Crippen LogP contribution in [-0.2, 0) is 104 Å². The summed E-state index contributed by atoms with van der Waals surface area (Å²) in [6.45, 7) is 1.87. The molecule has 48 nitrogen and oxygen atoms in total. The van der Waals surface area contributed by atoms with Gasteiger partial charge in [-0.2, -0.15) is 0 Å². The largest absolute Gasteiger partial charge is 0.480 e. The first kappa shape index (κ1) is 104. The number of carboxylic acids is 1. The van der Waals surface area contributed by atoms with Crippen LogP contribution in [0.25, 0.3) is 0 Å². The minimum atomic E-state index is -1.64. The number of guanidine groups is 2. The topological polar surface area (TPSA) is 768 Å². The number of carboxylic acid groups (broad SMARTS) is 1. The van der Waals surface area contributed by atoms with Crippen LogP contribution in [0.2, 0.25) is 0 Å². The summed E-state index contributed by atoms with van der Waals surface area (Å²) in [4.78, 5) is 259. The zero-order valence-electron chi connectivity index (χ0n) is 69.5. The first-order chi connectivity index (χ1) is 59.1. The number of nitrogens with zero attached hydrogens (tertiary/aromatic N) is 3. The van der Waals surface area contributed by atoms with Crippen LogP contribution >= 0.6 is 21.6 Å². The van der Waals surface area contributed by atoms with Gasteiger partial charge in [-0.25, -0.2) is 15.7 Å². The van der Waals surface area contributed by atoms with Gasteiger partial charge in [0, 0.05) is 75.4 Å². The van der Waals surface area contributed by atoms with Crippen LogP contribution in [0.15, 0.2) is 42.9 Å². The van der Waals surface area contributed by atoms with E-state index in [2.05, 4.69) is 99.9 Å². The lowest BCUT2D eigenvalue weighted by molar-refractivity contribution is -0.142. The van der Waals surface area contributed by atoms with E-state index in [9.17, 15) is 86.6 Å². The third-order valence-electron chi connectivity index (χ3n) is 19.1. The monoisotopic (exact) mass is 1780 g/mol. The molecule has 4 rings (SSSR count). The van der Waals surface area contributed by atoms with E-state index in [0.29, 0.717) is 30.5 Å². The number of hydrogen-bond donors (Lipinski definition) is 26. The highest BCUT2D eigenvalue weighted by atomic mass is 33.1. The molecule has 0 saturated carbocycles. The summed E-state index contributed by atoms with van der Waals surface area (Å²) >= 11 is 0. The van der Waals surface area contributed by atoms with Gasteiger partial charge in [-0.1, -0.05) is 85.5 Å². The lowest BCUT2D eigenvalue weighted by Crippen LogP contribution is -2.60. The quantitative estimate of drug-likeness (QED) is 0.00961. The molecular weight excluding hydrogens is 1670 g/mol. The first-order valence-electron chi connectivity index (χ1n) is 40.4. The number of nitrogens with one attached hydrogen (secondary N) is 19. The van der Waals surface area contributed by atoms with Gasteiger partial charge in [0.2, 0.25) is 100 Å². The highest BCUT2D eigenvalue weighted by Crippen LogP contribution is 2.26. The molecule has 2 aliphatic rings. The highest BCUT2D eigenvalue weighted by molar-refractivity contribution is 8.76. The van der Waals surface area contributed by atoms with Crippen LogP contribution in [0.5, 0.6) is 0 Å². The van der Waals surface area contributed by atoms with Crippen molar-refractivity contribution >= 4 is 140 Å². The molecule has 1 aromatic carbocycles. The molecule has 2 saturated heterocycles. The number of primary amides is 1. The lowest BCUT2D eigenvalue weighted by Gasteiger charge is -2.31. The van der Waals surface area contributed by atoms with E-state index >= 15 is 4.79 Å². The number of aliphatic carboxylic acids is 1. The lowest BCUT2D eigenvalue weighted by atomic mass is 10.0. The average molecular weight is 1790 g/mol. The minimum Gasteiger partial charge on any atom is -0.480 e. The van der Waals surface area contributed by atoms with Crippen molar-refractivity contribution in [1.29, 1.82) is 10.8 Å². The summed E-state index contributed by atoms with van der Waals surface area (Å²) < 4.78 is 0. The van der Waals surface area contributed by atoms with Gasteiger partial charge in [0.1, 0.15) is 66.5 Å². The summed E-state index contributed by atoms with van der Waals surface area (Å²) in [5, 5.41) is 66.2. The Hall–Kier alpha value is -12.0. The molecule has 2 fully saturated rings. The van der Waals surface area contributed by atoms with Crippen molar-refractivity contribution in [1.82, 2.24) is 105 Å². The van der Waals surface area contributed by atoms with Crippen molar-refractivity contribution in [2.45, 2.75) is 190 Å². The number of benzene rings is 1. The molecule has 0 aliphatic carbocycles. The SMILES string of the molecule is CCCC[C@@H](NC(=O)[C@@H]1CCCN1C(=O)CN)C(=O)N[C@H](CSSC[C@@H](NC(=O)[C@@H](CC(C)C)NC(=O)[C@@H](CCCNC(=N)N)NC(=O)[C@H]1CCCN1C(=O)[C@@H](CCCNC(=N)N)NC(=O)[C@@H](CCC(N)=O)NC(=O)CNC(=O)CNC(=O)CNC(=O)CNC(=O)CN)C(=O)N[C@@H](Cc1cnc[nH]1)C(=O)NCCON)C(=O)N[C@H](Cc1ccccc1)C(=O)O. The van der Waals surface area contributed by atoms with Gasteiger partial charge in [-0.15, -0.1) is 0 Å². The summed E-state index contributed by atoms with van der Waals surface area (Å²) in [6, 6.07) is -7.50. The van der Waals surface area contributed by atoms with Gasteiger partial charge in [-0.05, 0) is 82.1 Å². The van der Waals surface area contributed by atoms with E-state index in [-0.39, 0.29) is 129 Å². The number of likely N-dealkylation sites (tertiary alicyclic amines) is 2. The van der Waals surface area contributed by atoms with Gasteiger partial charge in [0.25, 0.3) is 0 Å². The van der Waals surface area contributed by atoms with Crippen LogP contribution in [0.4, 0.5) is 0 Å². The van der Waals surface area contributed by atoms with Crippen molar-refractivity contribution in [3.05, 3.63) is 54.1 Å². The summed E-state index contributed by atoms with van der Waals surface area (Å²) in [7, 11) is 1.77. The smallest absolute Gasteiger partial charge is 0.326 e. The molecule has 1 aromatic heterocycles. The van der Waals surface area contributed by atoms with Crippen molar-refractivity contribution in [3.8, 4) is 0 Å². The van der Waals surface area contributed by atoms with E-state index in [1.165, 1.54) is 17.4 Å². The molecule has 688 valence electrons. The fraction of sp³-hybridized carbons (Fsp3) is 0.608. The second kappa shape index (κ2) is 56.6. The normalized spacial score (nSPS) is 15.6. The van der Waals surface area contributed by atoms with Gasteiger partial charge < -0.3 is 138 Å². The van der Waals surface area contributed by atoms with Crippen molar-refractivity contribution in [3.63, 3.8) is 0 Å². The predicted molar refractivity (Wildman–Crippen MR) is 451 cm³/mol. The van der Waals surface area contributed by atoms with Gasteiger partial charge in [0.15, 0.2) is 11.9 Å². The molecule has 50 heteroatoms. The molecule has 3 heterocycles. The van der Waals surface area contributed by atoms with Crippen molar-refractivity contribution < 1.29 is 96.2 Å². The van der Waals surface area contributed by atoms with Gasteiger partial charge in [-0.3, -0.25) is 92.3 Å². The van der Waals surface area contributed by atoms with Crippen LogP contribution in [0, 0.1) is 16.7 Å². The number of carbonyl (C=O) groups is 18. The number of carbonyl (C=O) groups excluding carboxylic acids is 17. The number of H-pyrrole nitrogens is 1. The zero-order valence-corrected chi connectivity index (χ0v) is 71.1. The number of rotatable bonds is 58. The molecule has 17 amide bonds. The Morgan fingerprint density at radius 2 is 0.976 bits per heavy atom. The molecule has 11 atom stereocenters. The molecule has 0 radical (unpaired) electrons. The Morgan fingerprint density at radius 3 is 1.46 bits per heavy atom. The summed E-state index contributed by atoms with van der Waals surface area (Å²) in [6.07, 6.45) is 3.01. The molecule has 2 aliphatic heterocycles. The van der Waals surface area contributed by atoms with E-state index in [1.54, 1.807) is 44.2 Å². The Bertz CT molecular complexity index is 3950. The number of aromatic nitrogens is 2. The number of nitrogens with two attached hydrogens (primary N) is 6. The molecule has 124 heavy (non-hydrogen) atoms.